The molecule has 0 saturated heterocycles. The first-order valence-electron chi connectivity index (χ1n) is 7.82. The summed E-state index contributed by atoms with van der Waals surface area (Å²) in [5, 5.41) is 3.66. The maximum Gasteiger partial charge on any atom is 0.0323 e. The SMILES string of the molecule is C=C(C)CCC(NCCC)c1ccc(C(C)(C)C)cc1. The molecule has 1 unspecified atom stereocenters. The molecule has 1 aromatic carbocycles. The predicted molar refractivity (Wildman–Crippen MR) is 90.2 cm³/mol. The molecule has 112 valence electrons. The zero-order valence-corrected chi connectivity index (χ0v) is 13.9. The third-order valence-corrected chi connectivity index (χ3v) is 3.68. The fourth-order valence-electron chi connectivity index (χ4n) is 2.31. The maximum absolute atomic E-state index is 4.02. The van der Waals surface area contributed by atoms with Crippen LogP contribution in [-0.4, -0.2) is 6.54 Å². The Morgan fingerprint density at radius 3 is 2.25 bits per heavy atom. The van der Waals surface area contributed by atoms with Crippen molar-refractivity contribution in [1.82, 2.24) is 5.32 Å². The first kappa shape index (κ1) is 17.0. The van der Waals surface area contributed by atoms with Gasteiger partial charge in [0.1, 0.15) is 0 Å². The van der Waals surface area contributed by atoms with Crippen LogP contribution in [0.1, 0.15) is 71.0 Å². The molecule has 0 bridgehead atoms. The van der Waals surface area contributed by atoms with Crippen LogP contribution in [0.15, 0.2) is 36.4 Å². The number of hydrogen-bond donors (Lipinski definition) is 1. The van der Waals surface area contributed by atoms with Crippen molar-refractivity contribution in [2.24, 2.45) is 0 Å². The summed E-state index contributed by atoms with van der Waals surface area (Å²) in [6.45, 7) is 16.2. The lowest BCUT2D eigenvalue weighted by Crippen LogP contribution is -2.22. The van der Waals surface area contributed by atoms with E-state index in [4.69, 9.17) is 0 Å². The Hall–Kier alpha value is -1.08. The zero-order chi connectivity index (χ0) is 15.2. The van der Waals surface area contributed by atoms with Gasteiger partial charge in [-0.05, 0) is 49.3 Å². The van der Waals surface area contributed by atoms with E-state index in [1.807, 2.05) is 0 Å². The van der Waals surface area contributed by atoms with E-state index in [0.29, 0.717) is 6.04 Å². The second-order valence-corrected chi connectivity index (χ2v) is 6.87. The molecule has 0 aliphatic heterocycles. The standard InChI is InChI=1S/C19H31N/c1-7-14-20-18(13-8-15(2)3)16-9-11-17(12-10-16)19(4,5)6/h9-12,18,20H,2,7-8,13-14H2,1,3-6H3. The van der Waals surface area contributed by atoms with E-state index in [0.717, 1.165) is 19.4 Å². The van der Waals surface area contributed by atoms with Crippen molar-refractivity contribution in [1.29, 1.82) is 0 Å². The molecule has 1 nitrogen and oxygen atoms in total. The van der Waals surface area contributed by atoms with Crippen molar-refractivity contribution in [3.63, 3.8) is 0 Å². The summed E-state index contributed by atoms with van der Waals surface area (Å²) in [4.78, 5) is 0. The maximum atomic E-state index is 4.02. The highest BCUT2D eigenvalue weighted by atomic mass is 14.9. The lowest BCUT2D eigenvalue weighted by molar-refractivity contribution is 0.498. The summed E-state index contributed by atoms with van der Waals surface area (Å²) in [7, 11) is 0. The lowest BCUT2D eigenvalue weighted by atomic mass is 9.86. The molecule has 0 fully saturated rings. The Bertz CT molecular complexity index is 408. The molecule has 0 amide bonds. The van der Waals surface area contributed by atoms with Crippen LogP contribution in [0, 0.1) is 0 Å². The zero-order valence-electron chi connectivity index (χ0n) is 13.9. The van der Waals surface area contributed by atoms with Crippen molar-refractivity contribution in [3.8, 4) is 0 Å². The molecule has 0 spiro atoms. The van der Waals surface area contributed by atoms with Gasteiger partial charge in [0.2, 0.25) is 0 Å². The first-order chi connectivity index (χ1) is 9.34. The Balaban J connectivity index is 2.81. The normalized spacial score (nSPS) is 13.2. The third kappa shape index (κ3) is 5.50. The summed E-state index contributed by atoms with van der Waals surface area (Å²) in [6, 6.07) is 9.56. The van der Waals surface area contributed by atoms with Crippen LogP contribution < -0.4 is 5.32 Å². The van der Waals surface area contributed by atoms with E-state index in [1.165, 1.54) is 23.1 Å². The van der Waals surface area contributed by atoms with Crippen LogP contribution in [0.4, 0.5) is 0 Å². The molecule has 0 saturated carbocycles. The van der Waals surface area contributed by atoms with Crippen LogP contribution in [0.25, 0.3) is 0 Å². The number of nitrogens with one attached hydrogen (secondary N) is 1. The average Bonchev–Trinajstić information content (AvgIpc) is 2.38. The van der Waals surface area contributed by atoms with E-state index in [-0.39, 0.29) is 5.41 Å². The van der Waals surface area contributed by atoms with Crippen molar-refractivity contribution in [2.45, 2.75) is 65.3 Å². The topological polar surface area (TPSA) is 12.0 Å². The minimum Gasteiger partial charge on any atom is -0.310 e. The Morgan fingerprint density at radius 2 is 1.80 bits per heavy atom. The molecule has 0 aliphatic rings. The molecule has 0 heterocycles. The van der Waals surface area contributed by atoms with Gasteiger partial charge in [0.25, 0.3) is 0 Å². The van der Waals surface area contributed by atoms with Crippen LogP contribution in [-0.2, 0) is 5.41 Å². The summed E-state index contributed by atoms with van der Waals surface area (Å²) < 4.78 is 0. The molecule has 20 heavy (non-hydrogen) atoms. The number of rotatable bonds is 7. The van der Waals surface area contributed by atoms with Crippen LogP contribution in [0.2, 0.25) is 0 Å². The minimum atomic E-state index is 0.225. The molecule has 1 heteroatoms. The minimum absolute atomic E-state index is 0.225. The van der Waals surface area contributed by atoms with E-state index in [2.05, 4.69) is 70.8 Å². The van der Waals surface area contributed by atoms with Gasteiger partial charge in [-0.1, -0.05) is 57.5 Å². The predicted octanol–water partition coefficient (Wildman–Crippen LogP) is 5.38. The number of benzene rings is 1. The van der Waals surface area contributed by atoms with Gasteiger partial charge in [0.15, 0.2) is 0 Å². The fraction of sp³-hybridized carbons (Fsp3) is 0.579. The van der Waals surface area contributed by atoms with Gasteiger partial charge in [-0.25, -0.2) is 0 Å². The Kier molecular flexibility index (Phi) is 6.48. The van der Waals surface area contributed by atoms with Gasteiger partial charge in [-0.15, -0.1) is 6.58 Å². The monoisotopic (exact) mass is 273 g/mol. The Morgan fingerprint density at radius 1 is 1.20 bits per heavy atom. The Labute approximate surface area is 125 Å². The summed E-state index contributed by atoms with van der Waals surface area (Å²) >= 11 is 0. The lowest BCUT2D eigenvalue weighted by Gasteiger charge is -2.22. The van der Waals surface area contributed by atoms with Gasteiger partial charge in [0.05, 0.1) is 0 Å². The number of hydrogen-bond acceptors (Lipinski definition) is 1. The van der Waals surface area contributed by atoms with Gasteiger partial charge in [-0.3, -0.25) is 0 Å². The van der Waals surface area contributed by atoms with Gasteiger partial charge in [-0.2, -0.15) is 0 Å². The van der Waals surface area contributed by atoms with Crippen molar-refractivity contribution in [3.05, 3.63) is 47.5 Å². The van der Waals surface area contributed by atoms with Crippen LogP contribution in [0.3, 0.4) is 0 Å². The molecule has 1 rings (SSSR count). The van der Waals surface area contributed by atoms with E-state index in [1.54, 1.807) is 0 Å². The quantitative estimate of drug-likeness (QED) is 0.658. The molecule has 0 aromatic heterocycles. The fourth-order valence-corrected chi connectivity index (χ4v) is 2.31. The van der Waals surface area contributed by atoms with Crippen molar-refractivity contribution < 1.29 is 0 Å². The first-order valence-corrected chi connectivity index (χ1v) is 7.82. The van der Waals surface area contributed by atoms with E-state index >= 15 is 0 Å². The third-order valence-electron chi connectivity index (χ3n) is 3.68. The second kappa shape index (κ2) is 7.64. The van der Waals surface area contributed by atoms with Crippen LogP contribution >= 0.6 is 0 Å². The summed E-state index contributed by atoms with van der Waals surface area (Å²) in [6.07, 6.45) is 3.39. The van der Waals surface area contributed by atoms with E-state index in [9.17, 15) is 0 Å². The van der Waals surface area contributed by atoms with Crippen molar-refractivity contribution in [2.75, 3.05) is 6.54 Å². The molecule has 1 atom stereocenters. The molecule has 1 N–H and O–H groups in total. The molecular formula is C19H31N. The van der Waals surface area contributed by atoms with E-state index < -0.39 is 0 Å². The summed E-state index contributed by atoms with van der Waals surface area (Å²) in [5.41, 5.74) is 4.28. The summed E-state index contributed by atoms with van der Waals surface area (Å²) in [5.74, 6) is 0. The highest BCUT2D eigenvalue weighted by Gasteiger charge is 2.15. The largest absolute Gasteiger partial charge is 0.310 e. The highest BCUT2D eigenvalue weighted by molar-refractivity contribution is 5.29. The molecule has 0 radical (unpaired) electrons. The molecule has 0 aliphatic carbocycles. The highest BCUT2D eigenvalue weighted by Crippen LogP contribution is 2.26. The van der Waals surface area contributed by atoms with Crippen molar-refractivity contribution >= 4 is 0 Å². The van der Waals surface area contributed by atoms with Gasteiger partial charge < -0.3 is 5.32 Å². The smallest absolute Gasteiger partial charge is 0.0323 e. The van der Waals surface area contributed by atoms with Gasteiger partial charge in [0, 0.05) is 6.04 Å². The number of allylic oxidation sites excluding steroid dienone is 1. The van der Waals surface area contributed by atoms with Crippen LogP contribution in [0.5, 0.6) is 0 Å². The average molecular weight is 273 g/mol. The van der Waals surface area contributed by atoms with Gasteiger partial charge >= 0.3 is 0 Å². The molecule has 1 aromatic rings. The molecular weight excluding hydrogens is 242 g/mol. The second-order valence-electron chi connectivity index (χ2n) is 6.87.